The Balaban J connectivity index is 3.07. The molecule has 0 aromatic carbocycles. The number of nitrogens with zero attached hydrogens (tertiary/aromatic N) is 1. The second-order valence-electron chi connectivity index (χ2n) is 2.69. The van der Waals surface area contributed by atoms with Gasteiger partial charge in [-0.3, -0.25) is 0 Å². The number of esters is 1. The highest BCUT2D eigenvalue weighted by Gasteiger charge is 2.15. The number of carbonyl (C=O) groups excluding carboxylic acids is 1. The van der Waals surface area contributed by atoms with Gasteiger partial charge >= 0.3 is 5.97 Å². The Morgan fingerprint density at radius 1 is 1.57 bits per heavy atom. The van der Waals surface area contributed by atoms with Gasteiger partial charge in [0.1, 0.15) is 5.82 Å². The number of halogens is 1. The fourth-order valence-corrected chi connectivity index (χ4v) is 1.18. The van der Waals surface area contributed by atoms with E-state index in [0.29, 0.717) is 12.0 Å². The summed E-state index contributed by atoms with van der Waals surface area (Å²) in [6.45, 7) is 3.73. The van der Waals surface area contributed by atoms with Crippen LogP contribution in [0.5, 0.6) is 0 Å². The van der Waals surface area contributed by atoms with Crippen LogP contribution in [0.3, 0.4) is 0 Å². The molecule has 0 radical (unpaired) electrons. The molecule has 1 aromatic rings. The molecule has 0 atom stereocenters. The molecule has 0 aliphatic carbocycles. The molecule has 0 fully saturated rings. The largest absolute Gasteiger partial charge is 0.461 e. The second kappa shape index (κ2) is 4.69. The SMILES string of the molecule is CCOC(=O)c1nccc(F)c1CC. The molecule has 0 N–H and O–H groups in total. The van der Waals surface area contributed by atoms with Gasteiger partial charge in [-0.05, 0) is 19.4 Å². The lowest BCUT2D eigenvalue weighted by molar-refractivity contribution is 0.0517. The molecule has 0 unspecified atom stereocenters. The minimum absolute atomic E-state index is 0.0781. The highest BCUT2D eigenvalue weighted by atomic mass is 19.1. The molecule has 1 aromatic heterocycles. The molecule has 0 amide bonds. The lowest BCUT2D eigenvalue weighted by Crippen LogP contribution is -2.11. The zero-order valence-electron chi connectivity index (χ0n) is 8.21. The Morgan fingerprint density at radius 3 is 2.86 bits per heavy atom. The summed E-state index contributed by atoms with van der Waals surface area (Å²) in [6.07, 6.45) is 1.69. The van der Waals surface area contributed by atoms with Gasteiger partial charge in [-0.15, -0.1) is 0 Å². The highest BCUT2D eigenvalue weighted by molar-refractivity contribution is 5.88. The maximum atomic E-state index is 13.2. The second-order valence-corrected chi connectivity index (χ2v) is 2.69. The van der Waals surface area contributed by atoms with Crippen LogP contribution in [0.1, 0.15) is 29.9 Å². The third-order valence-corrected chi connectivity index (χ3v) is 1.82. The molecule has 1 heterocycles. The average Bonchev–Trinajstić information content (AvgIpc) is 2.17. The lowest BCUT2D eigenvalue weighted by Gasteiger charge is -2.06. The van der Waals surface area contributed by atoms with Crippen LogP contribution in [0.4, 0.5) is 4.39 Å². The van der Waals surface area contributed by atoms with Crippen molar-refractivity contribution in [3.8, 4) is 0 Å². The summed E-state index contributed by atoms with van der Waals surface area (Å²) < 4.78 is 18.0. The molecule has 14 heavy (non-hydrogen) atoms. The van der Waals surface area contributed by atoms with Crippen LogP contribution in [0.25, 0.3) is 0 Å². The van der Waals surface area contributed by atoms with Crippen molar-refractivity contribution >= 4 is 5.97 Å². The molecule has 0 aliphatic heterocycles. The molecule has 4 heteroatoms. The summed E-state index contributed by atoms with van der Waals surface area (Å²) in [5.74, 6) is -0.977. The van der Waals surface area contributed by atoms with Gasteiger partial charge in [-0.25, -0.2) is 14.2 Å². The third-order valence-electron chi connectivity index (χ3n) is 1.82. The first kappa shape index (κ1) is 10.6. The maximum absolute atomic E-state index is 13.2. The Labute approximate surface area is 81.9 Å². The molecule has 3 nitrogen and oxygen atoms in total. The van der Waals surface area contributed by atoms with Crippen LogP contribution in [0.15, 0.2) is 12.3 Å². The molecule has 0 bridgehead atoms. The minimum atomic E-state index is -0.566. The van der Waals surface area contributed by atoms with E-state index in [9.17, 15) is 9.18 Å². The topological polar surface area (TPSA) is 39.2 Å². The standard InChI is InChI=1S/C10H12FNO2/c1-3-7-8(11)5-6-12-9(7)10(13)14-4-2/h5-6H,3-4H2,1-2H3. The first-order chi connectivity index (χ1) is 6.70. The van der Waals surface area contributed by atoms with Gasteiger partial charge in [0, 0.05) is 11.8 Å². The number of hydrogen-bond donors (Lipinski definition) is 0. The zero-order valence-corrected chi connectivity index (χ0v) is 8.21. The molecular weight excluding hydrogens is 185 g/mol. The van der Waals surface area contributed by atoms with Gasteiger partial charge in [0.25, 0.3) is 0 Å². The monoisotopic (exact) mass is 197 g/mol. The van der Waals surface area contributed by atoms with E-state index >= 15 is 0 Å². The summed E-state index contributed by atoms with van der Waals surface area (Å²) in [5, 5.41) is 0. The normalized spacial score (nSPS) is 9.93. The first-order valence-corrected chi connectivity index (χ1v) is 4.51. The Morgan fingerprint density at radius 2 is 2.29 bits per heavy atom. The van der Waals surface area contributed by atoms with E-state index in [1.165, 1.54) is 12.3 Å². The number of carbonyl (C=O) groups is 1. The Bertz CT molecular complexity index is 339. The van der Waals surface area contributed by atoms with Gasteiger partial charge < -0.3 is 4.74 Å². The number of hydrogen-bond acceptors (Lipinski definition) is 3. The van der Waals surface area contributed by atoms with Gasteiger partial charge in [0.15, 0.2) is 5.69 Å². The Kier molecular flexibility index (Phi) is 3.56. The zero-order chi connectivity index (χ0) is 10.6. The molecule has 1 rings (SSSR count). The van der Waals surface area contributed by atoms with E-state index in [0.717, 1.165) is 0 Å². The fourth-order valence-electron chi connectivity index (χ4n) is 1.18. The van der Waals surface area contributed by atoms with Crippen molar-refractivity contribution in [3.63, 3.8) is 0 Å². The number of pyridine rings is 1. The van der Waals surface area contributed by atoms with Gasteiger partial charge in [0.05, 0.1) is 6.61 Å². The van der Waals surface area contributed by atoms with E-state index in [2.05, 4.69) is 4.98 Å². The van der Waals surface area contributed by atoms with Crippen molar-refractivity contribution in [2.45, 2.75) is 20.3 Å². The van der Waals surface area contributed by atoms with E-state index in [1.807, 2.05) is 0 Å². The van der Waals surface area contributed by atoms with Crippen LogP contribution in [-0.2, 0) is 11.2 Å². The van der Waals surface area contributed by atoms with Crippen molar-refractivity contribution in [2.24, 2.45) is 0 Å². The van der Waals surface area contributed by atoms with Crippen LogP contribution >= 0.6 is 0 Å². The maximum Gasteiger partial charge on any atom is 0.357 e. The molecule has 0 spiro atoms. The predicted molar refractivity (Wildman–Crippen MR) is 49.5 cm³/mol. The van der Waals surface area contributed by atoms with Crippen LogP contribution in [0, 0.1) is 5.82 Å². The van der Waals surface area contributed by atoms with Crippen molar-refractivity contribution in [2.75, 3.05) is 6.61 Å². The van der Waals surface area contributed by atoms with E-state index in [1.54, 1.807) is 13.8 Å². The molecule has 76 valence electrons. The Hall–Kier alpha value is -1.45. The number of ether oxygens (including phenoxy) is 1. The quantitative estimate of drug-likeness (QED) is 0.695. The van der Waals surface area contributed by atoms with Crippen molar-refractivity contribution in [1.29, 1.82) is 0 Å². The van der Waals surface area contributed by atoms with Crippen LogP contribution < -0.4 is 0 Å². The van der Waals surface area contributed by atoms with Crippen molar-refractivity contribution in [3.05, 3.63) is 29.3 Å². The summed E-state index contributed by atoms with van der Waals surface area (Å²) in [7, 11) is 0. The molecular formula is C10H12FNO2. The van der Waals surface area contributed by atoms with E-state index in [4.69, 9.17) is 4.74 Å². The van der Waals surface area contributed by atoms with E-state index < -0.39 is 11.8 Å². The summed E-state index contributed by atoms with van der Waals surface area (Å²) >= 11 is 0. The predicted octanol–water partition coefficient (Wildman–Crippen LogP) is 1.96. The summed E-state index contributed by atoms with van der Waals surface area (Å²) in [4.78, 5) is 15.1. The smallest absolute Gasteiger partial charge is 0.357 e. The summed E-state index contributed by atoms with van der Waals surface area (Å²) in [6, 6.07) is 1.24. The third kappa shape index (κ3) is 2.07. The van der Waals surface area contributed by atoms with Gasteiger partial charge in [-0.1, -0.05) is 6.92 Å². The summed E-state index contributed by atoms with van der Waals surface area (Å²) in [5.41, 5.74) is 0.389. The minimum Gasteiger partial charge on any atom is -0.461 e. The van der Waals surface area contributed by atoms with E-state index in [-0.39, 0.29) is 12.3 Å². The number of rotatable bonds is 3. The van der Waals surface area contributed by atoms with Crippen LogP contribution in [-0.4, -0.2) is 17.6 Å². The van der Waals surface area contributed by atoms with Gasteiger partial charge in [-0.2, -0.15) is 0 Å². The van der Waals surface area contributed by atoms with Gasteiger partial charge in [0.2, 0.25) is 0 Å². The van der Waals surface area contributed by atoms with Crippen molar-refractivity contribution < 1.29 is 13.9 Å². The molecule has 0 saturated heterocycles. The average molecular weight is 197 g/mol. The first-order valence-electron chi connectivity index (χ1n) is 4.51. The van der Waals surface area contributed by atoms with Crippen molar-refractivity contribution in [1.82, 2.24) is 4.98 Å². The lowest BCUT2D eigenvalue weighted by atomic mass is 10.1. The molecule has 0 aliphatic rings. The highest BCUT2D eigenvalue weighted by Crippen LogP contribution is 2.12. The number of aromatic nitrogens is 1. The molecule has 0 saturated carbocycles. The fraction of sp³-hybridized carbons (Fsp3) is 0.400. The van der Waals surface area contributed by atoms with Crippen LogP contribution in [0.2, 0.25) is 0 Å².